The van der Waals surface area contributed by atoms with Gasteiger partial charge in [-0.25, -0.2) is 0 Å². The minimum Gasteiger partial charge on any atom is -0.464 e. The van der Waals surface area contributed by atoms with E-state index in [0.717, 1.165) is 0 Å². The van der Waals surface area contributed by atoms with Gasteiger partial charge in [0, 0.05) is 83.5 Å². The standard InChI is InChI=1S/C78H125Br9N8O30/c1-66(2,79)57(103)117-41-76(42-118-58(104)67(3,4)80,43-119-59(105)68(5,6)81)38-114-31-54(100)89-24-19-50(96)93-34-75(37-113-30-27-92-53(99)22-28-112-29-23-88,35-94-51(97)20-25-90-55(101)32-115-39-77(44-120-60(106)69(7,8)82,45-121-61(107)70(9,10)83)46-122-62(108)71(11,12)84)36-95-52(98)21-26-91-56(102)33-116-40-78(47-123-63(109)72(13,14)85,48-124-64(110)73(15,16)86)49-125-65(111)74(17,18)87/h19-49,88H2,1-18H3,(H,89,100)(H,90,101)(H,91,102)(H,92,99)(H,93,96)(H,94,97)(H,95,98). The molecule has 720 valence electrons. The third kappa shape index (κ3) is 53.6. The fourth-order valence-electron chi connectivity index (χ4n) is 8.90. The summed E-state index contributed by atoms with van der Waals surface area (Å²) in [4.78, 5) is 213. The second-order valence-corrected chi connectivity index (χ2v) is 51.9. The highest BCUT2D eigenvalue weighted by molar-refractivity contribution is 9.11. The number of halogens is 9. The number of ether oxygens (including phenoxy) is 14. The molecular formula is C78H125Br9N8O30. The van der Waals surface area contributed by atoms with Gasteiger partial charge in [-0.3, -0.25) is 76.7 Å². The van der Waals surface area contributed by atoms with Crippen molar-refractivity contribution in [3.8, 4) is 0 Å². The second-order valence-electron chi connectivity index (χ2n) is 34.1. The molecule has 0 rings (SSSR count). The van der Waals surface area contributed by atoms with Gasteiger partial charge >= 0.3 is 53.7 Å². The molecule has 0 aliphatic heterocycles. The Hall–Kier alpha value is -4.40. The molecule has 0 fully saturated rings. The monoisotopic (exact) mass is 2360 g/mol. The Morgan fingerprint density at radius 3 is 0.608 bits per heavy atom. The van der Waals surface area contributed by atoms with Crippen LogP contribution in [0.1, 0.15) is 150 Å². The smallest absolute Gasteiger partial charge is 0.322 e. The molecule has 0 radical (unpaired) electrons. The largest absolute Gasteiger partial charge is 0.464 e. The van der Waals surface area contributed by atoms with Gasteiger partial charge in [0.05, 0.1) is 62.5 Å². The summed E-state index contributed by atoms with van der Waals surface area (Å²) in [6.07, 6.45) is -1.23. The minimum absolute atomic E-state index is 0.0250. The first-order valence-corrected chi connectivity index (χ1v) is 46.4. The number of rotatable bonds is 64. The average Bonchev–Trinajstić information content (AvgIpc) is 0.835. The first-order valence-electron chi connectivity index (χ1n) is 39.3. The molecule has 9 N–H and O–H groups in total. The van der Waals surface area contributed by atoms with Gasteiger partial charge in [0.15, 0.2) is 0 Å². The van der Waals surface area contributed by atoms with Crippen LogP contribution >= 0.6 is 143 Å². The van der Waals surface area contributed by atoms with Crippen LogP contribution < -0.4 is 43.0 Å². The van der Waals surface area contributed by atoms with E-state index in [1.165, 1.54) is 125 Å². The Kier molecular flexibility index (Phi) is 53.9. The lowest BCUT2D eigenvalue weighted by atomic mass is 9.88. The fraction of sp³-hybridized carbons (Fsp3) is 0.795. The molecule has 125 heavy (non-hydrogen) atoms. The maximum atomic E-state index is 14.0. The van der Waals surface area contributed by atoms with Crippen LogP contribution in [-0.2, 0) is 143 Å². The Morgan fingerprint density at radius 1 is 0.216 bits per heavy atom. The zero-order valence-corrected chi connectivity index (χ0v) is 88.4. The van der Waals surface area contributed by atoms with E-state index in [1.807, 2.05) is 0 Å². The van der Waals surface area contributed by atoms with Crippen LogP contribution in [0.25, 0.3) is 0 Å². The molecule has 0 aromatic heterocycles. The Bertz CT molecular complexity index is 3000. The maximum Gasteiger partial charge on any atom is 0.322 e. The van der Waals surface area contributed by atoms with Crippen molar-refractivity contribution in [2.75, 3.05) is 178 Å². The van der Waals surface area contributed by atoms with Gasteiger partial charge < -0.3 is 109 Å². The van der Waals surface area contributed by atoms with Crippen LogP contribution in [0.2, 0.25) is 0 Å². The quantitative estimate of drug-likeness (QED) is 0.0154. The van der Waals surface area contributed by atoms with Gasteiger partial charge in [0.2, 0.25) is 41.4 Å². The number of carbonyl (C=O) groups excluding carboxylic acids is 16. The first-order chi connectivity index (χ1) is 57.1. The van der Waals surface area contributed by atoms with E-state index >= 15 is 0 Å². The lowest BCUT2D eigenvalue weighted by Gasteiger charge is -2.34. The molecule has 7 amide bonds. The number of nitrogens with one attached hydrogen (secondary N) is 7. The summed E-state index contributed by atoms with van der Waals surface area (Å²) in [5, 5.41) is 18.7. The molecule has 0 aromatic rings. The van der Waals surface area contributed by atoms with Crippen molar-refractivity contribution in [2.24, 2.45) is 27.4 Å². The lowest BCUT2D eigenvalue weighted by Crippen LogP contribution is -2.54. The lowest BCUT2D eigenvalue weighted by molar-refractivity contribution is -0.172. The SMILES string of the molecule is CC(C)(Br)C(=O)OCC(COCC(=O)NCCC(=O)NCC(CNC(=O)CCNC(=O)COCC(COC(=O)C(C)(C)Br)(COC(=O)C(C)(C)Br)COC(=O)C(C)(C)Br)(CNC(=O)CCNC(=O)COCC(COC(=O)C(C)(C)Br)(COC(=O)C(C)(C)Br)COC(=O)C(C)(C)Br)COCCNC(=O)CCOCCN)(COC(=O)C(C)(C)Br)COC(=O)C(C)(C)Br. The normalized spacial score (nSPS) is 12.7. The highest BCUT2D eigenvalue weighted by Crippen LogP contribution is 2.33. The molecule has 0 aromatic carbocycles. The molecule has 0 atom stereocenters. The molecule has 0 aliphatic carbocycles. The van der Waals surface area contributed by atoms with Crippen molar-refractivity contribution in [3.63, 3.8) is 0 Å². The number of esters is 9. The number of hydrogen-bond acceptors (Lipinski definition) is 31. The minimum atomic E-state index is -1.60. The predicted molar refractivity (Wildman–Crippen MR) is 488 cm³/mol. The molecule has 0 spiro atoms. The predicted octanol–water partition coefficient (Wildman–Crippen LogP) is 5.80. The van der Waals surface area contributed by atoms with Crippen molar-refractivity contribution < 1.29 is 143 Å². The first kappa shape index (κ1) is 121. The Labute approximate surface area is 806 Å². The summed E-state index contributed by atoms with van der Waals surface area (Å²) in [5.41, 5.74) is -0.799. The molecular weight excluding hydrogens is 2250 g/mol. The molecule has 0 aliphatic rings. The van der Waals surface area contributed by atoms with Crippen LogP contribution in [0.4, 0.5) is 0 Å². The van der Waals surface area contributed by atoms with Gasteiger partial charge in [0.25, 0.3) is 0 Å². The van der Waals surface area contributed by atoms with Gasteiger partial charge in [-0.2, -0.15) is 0 Å². The van der Waals surface area contributed by atoms with Crippen molar-refractivity contribution in [1.29, 1.82) is 0 Å². The van der Waals surface area contributed by atoms with Crippen LogP contribution in [0.5, 0.6) is 0 Å². The summed E-state index contributed by atoms with van der Waals surface area (Å²) in [6, 6.07) is 0. The molecule has 47 heteroatoms. The molecule has 0 unspecified atom stereocenters. The highest BCUT2D eigenvalue weighted by atomic mass is 79.9. The van der Waals surface area contributed by atoms with E-state index in [1.54, 1.807) is 0 Å². The number of alkyl halides is 9. The fourth-order valence-corrected chi connectivity index (χ4v) is 9.93. The van der Waals surface area contributed by atoms with E-state index in [-0.39, 0.29) is 65.6 Å². The molecule has 0 bridgehead atoms. The van der Waals surface area contributed by atoms with Gasteiger partial charge in [-0.1, -0.05) is 143 Å². The van der Waals surface area contributed by atoms with Gasteiger partial charge in [0.1, 0.15) is 118 Å². The summed E-state index contributed by atoms with van der Waals surface area (Å²) in [6.45, 7) is 16.8. The number of amides is 7. The zero-order chi connectivity index (χ0) is 96.5. The molecule has 38 nitrogen and oxygen atoms in total. The van der Waals surface area contributed by atoms with Crippen molar-refractivity contribution in [3.05, 3.63) is 0 Å². The zero-order valence-electron chi connectivity index (χ0n) is 74.1. The van der Waals surface area contributed by atoms with Crippen LogP contribution in [-0.4, -0.2) is 312 Å². The van der Waals surface area contributed by atoms with Crippen molar-refractivity contribution in [2.45, 2.75) is 189 Å². The number of carbonyl (C=O) groups is 16. The summed E-state index contributed by atoms with van der Waals surface area (Å²) < 4.78 is 68.7. The Balaban J connectivity index is 7.47. The third-order valence-electron chi connectivity index (χ3n) is 16.6. The topological polar surface area (TPSA) is 513 Å². The summed E-state index contributed by atoms with van der Waals surface area (Å²) in [7, 11) is 0. The van der Waals surface area contributed by atoms with Gasteiger partial charge in [-0.05, 0) is 125 Å². The summed E-state index contributed by atoms with van der Waals surface area (Å²) >= 11 is 29.3. The van der Waals surface area contributed by atoms with Crippen LogP contribution in [0.3, 0.4) is 0 Å². The molecule has 0 saturated carbocycles. The second kappa shape index (κ2) is 55.8. The average molecular weight is 2370 g/mol. The molecule has 0 heterocycles. The Morgan fingerprint density at radius 2 is 0.408 bits per heavy atom. The van der Waals surface area contributed by atoms with E-state index in [9.17, 15) is 76.7 Å². The van der Waals surface area contributed by atoms with E-state index in [0.29, 0.717) is 0 Å². The van der Waals surface area contributed by atoms with E-state index in [2.05, 4.69) is 181 Å². The number of nitrogens with two attached hydrogens (primary N) is 1. The number of hydrogen-bond donors (Lipinski definition) is 8. The van der Waals surface area contributed by atoms with E-state index in [4.69, 9.17) is 72.0 Å². The van der Waals surface area contributed by atoms with Crippen LogP contribution in [0.15, 0.2) is 0 Å². The maximum absolute atomic E-state index is 14.0. The van der Waals surface area contributed by atoms with Crippen molar-refractivity contribution >= 4 is 238 Å². The van der Waals surface area contributed by atoms with Gasteiger partial charge in [-0.15, -0.1) is 0 Å². The third-order valence-corrected chi connectivity index (χ3v) is 19.5. The van der Waals surface area contributed by atoms with E-state index < -0.39 is 294 Å². The summed E-state index contributed by atoms with van der Waals surface area (Å²) in [5.74, 6) is -11.5. The molecule has 0 saturated heterocycles. The highest BCUT2D eigenvalue weighted by Gasteiger charge is 2.46. The van der Waals surface area contributed by atoms with Crippen molar-refractivity contribution in [1.82, 2.24) is 37.2 Å². The van der Waals surface area contributed by atoms with Crippen LogP contribution in [0, 0.1) is 21.7 Å².